The molecule has 0 bridgehead atoms. The van der Waals surface area contributed by atoms with Crippen LogP contribution in [0.5, 0.6) is 0 Å². The van der Waals surface area contributed by atoms with Crippen LogP contribution in [0.3, 0.4) is 0 Å². The summed E-state index contributed by atoms with van der Waals surface area (Å²) in [6.45, 7) is 7.05. The molecule has 0 aliphatic rings. The topological polar surface area (TPSA) is 78.7 Å². The number of nitro groups is 1. The molecule has 0 amide bonds. The third kappa shape index (κ3) is 1.89. The van der Waals surface area contributed by atoms with E-state index in [0.717, 1.165) is 6.07 Å². The lowest BCUT2D eigenvalue weighted by molar-refractivity contribution is -0.383. The monoisotopic (exact) mass is 259 g/mol. The molecule has 1 heterocycles. The number of carbonyl (C=O) groups excluding carboxylic acids is 1. The molecule has 0 radical (unpaired) electrons. The number of fused-ring (bicyclic) bond motifs is 1. The van der Waals surface area contributed by atoms with Gasteiger partial charge < -0.3 is 9.30 Å². The van der Waals surface area contributed by atoms with Crippen molar-refractivity contribution < 1.29 is 14.5 Å². The van der Waals surface area contributed by atoms with E-state index in [9.17, 15) is 14.9 Å². The first kappa shape index (κ1) is 12.6. The van der Waals surface area contributed by atoms with Gasteiger partial charge >= 0.3 is 5.97 Å². The SMILES string of the molecule is [C-]#[N+]c1cn(C)c2cc(C(=O)OC)cc([N+](=O)[O-])c12. The third-order valence-electron chi connectivity index (χ3n) is 2.79. The molecule has 0 atom stereocenters. The number of hydrogen-bond acceptors (Lipinski definition) is 4. The van der Waals surface area contributed by atoms with Crippen LogP contribution in [-0.2, 0) is 11.8 Å². The Labute approximate surface area is 108 Å². The van der Waals surface area contributed by atoms with Gasteiger partial charge in [0.2, 0.25) is 5.69 Å². The van der Waals surface area contributed by atoms with Crippen molar-refractivity contribution in [1.82, 2.24) is 4.57 Å². The van der Waals surface area contributed by atoms with E-state index in [1.807, 2.05) is 0 Å². The van der Waals surface area contributed by atoms with Crippen LogP contribution in [0.15, 0.2) is 18.3 Å². The molecule has 2 aromatic rings. The van der Waals surface area contributed by atoms with E-state index in [0.29, 0.717) is 5.52 Å². The lowest BCUT2D eigenvalue weighted by Gasteiger charge is -2.03. The van der Waals surface area contributed by atoms with Crippen molar-refractivity contribution in [2.24, 2.45) is 7.05 Å². The maximum Gasteiger partial charge on any atom is 0.338 e. The van der Waals surface area contributed by atoms with Crippen molar-refractivity contribution >= 4 is 28.2 Å². The number of non-ortho nitro benzene ring substituents is 1. The minimum atomic E-state index is -0.657. The largest absolute Gasteiger partial charge is 0.465 e. The minimum Gasteiger partial charge on any atom is -0.465 e. The van der Waals surface area contributed by atoms with E-state index >= 15 is 0 Å². The number of nitrogens with zero attached hydrogens (tertiary/aromatic N) is 3. The number of carbonyl (C=O) groups is 1. The van der Waals surface area contributed by atoms with Gasteiger partial charge in [-0.1, -0.05) is 0 Å². The second-order valence-electron chi connectivity index (χ2n) is 3.88. The van der Waals surface area contributed by atoms with Crippen LogP contribution in [-0.4, -0.2) is 22.6 Å². The van der Waals surface area contributed by atoms with Crippen LogP contribution in [0.25, 0.3) is 15.7 Å². The molecule has 0 saturated carbocycles. The summed E-state index contributed by atoms with van der Waals surface area (Å²) < 4.78 is 6.13. The molecule has 1 aromatic heterocycles. The van der Waals surface area contributed by atoms with E-state index in [2.05, 4.69) is 9.58 Å². The highest BCUT2D eigenvalue weighted by Gasteiger charge is 2.22. The normalized spacial score (nSPS) is 10.2. The van der Waals surface area contributed by atoms with Crippen LogP contribution < -0.4 is 0 Å². The fraction of sp³-hybridized carbons (Fsp3) is 0.167. The Balaban J connectivity index is 2.90. The molecule has 0 spiro atoms. The Kier molecular flexibility index (Phi) is 2.92. The summed E-state index contributed by atoms with van der Waals surface area (Å²) in [5.74, 6) is -0.657. The zero-order chi connectivity index (χ0) is 14.2. The first-order chi connectivity index (χ1) is 8.99. The number of aryl methyl sites for hydroxylation is 1. The smallest absolute Gasteiger partial charge is 0.338 e. The van der Waals surface area contributed by atoms with Crippen molar-refractivity contribution in [3.63, 3.8) is 0 Å². The molecule has 0 N–H and O–H groups in total. The molecule has 0 unspecified atom stereocenters. The second kappa shape index (κ2) is 4.42. The second-order valence-corrected chi connectivity index (χ2v) is 3.88. The third-order valence-corrected chi connectivity index (χ3v) is 2.79. The van der Waals surface area contributed by atoms with Crippen LogP contribution >= 0.6 is 0 Å². The quantitative estimate of drug-likeness (QED) is 0.359. The molecular weight excluding hydrogens is 250 g/mol. The van der Waals surface area contributed by atoms with Crippen LogP contribution in [0.4, 0.5) is 11.4 Å². The number of rotatable bonds is 2. The Morgan fingerprint density at radius 2 is 2.21 bits per heavy atom. The van der Waals surface area contributed by atoms with Gasteiger partial charge in [-0.3, -0.25) is 10.1 Å². The number of nitro benzene ring substituents is 1. The first-order valence-corrected chi connectivity index (χ1v) is 5.22. The highest BCUT2D eigenvalue weighted by atomic mass is 16.6. The number of benzene rings is 1. The molecule has 96 valence electrons. The first-order valence-electron chi connectivity index (χ1n) is 5.22. The molecule has 1 aromatic carbocycles. The summed E-state index contributed by atoms with van der Waals surface area (Å²) in [5, 5.41) is 11.3. The molecule has 19 heavy (non-hydrogen) atoms. The Morgan fingerprint density at radius 1 is 1.53 bits per heavy atom. The van der Waals surface area contributed by atoms with Crippen LogP contribution in [0, 0.1) is 16.7 Å². The number of aromatic nitrogens is 1. The average Bonchev–Trinajstić information content (AvgIpc) is 2.73. The summed E-state index contributed by atoms with van der Waals surface area (Å²) in [6.07, 6.45) is 1.49. The molecule has 0 aliphatic carbocycles. The van der Waals surface area contributed by atoms with Gasteiger partial charge in [0.05, 0.1) is 29.6 Å². The summed E-state index contributed by atoms with van der Waals surface area (Å²) in [6, 6.07) is 2.60. The number of esters is 1. The van der Waals surface area contributed by atoms with Gasteiger partial charge in [0, 0.05) is 24.8 Å². The molecule has 0 saturated heterocycles. The molecule has 2 rings (SSSR count). The summed E-state index contributed by atoms with van der Waals surface area (Å²) in [5.41, 5.74) is 0.435. The molecule has 7 nitrogen and oxygen atoms in total. The summed E-state index contributed by atoms with van der Waals surface area (Å²) >= 11 is 0. The highest BCUT2D eigenvalue weighted by Crippen LogP contribution is 2.36. The van der Waals surface area contributed by atoms with E-state index in [1.165, 1.54) is 19.4 Å². The maximum absolute atomic E-state index is 11.5. The predicted molar refractivity (Wildman–Crippen MR) is 67.2 cm³/mol. The fourth-order valence-corrected chi connectivity index (χ4v) is 1.93. The van der Waals surface area contributed by atoms with E-state index in [4.69, 9.17) is 6.57 Å². The minimum absolute atomic E-state index is 0.0828. The van der Waals surface area contributed by atoms with Crippen molar-refractivity contribution in [1.29, 1.82) is 0 Å². The van der Waals surface area contributed by atoms with Crippen molar-refractivity contribution in [2.45, 2.75) is 0 Å². The van der Waals surface area contributed by atoms with E-state index in [-0.39, 0.29) is 22.3 Å². The van der Waals surface area contributed by atoms with Gasteiger partial charge in [-0.25, -0.2) is 9.64 Å². The summed E-state index contributed by atoms with van der Waals surface area (Å²) in [4.78, 5) is 25.3. The molecular formula is C12H9N3O4. The number of hydrogen-bond donors (Lipinski definition) is 0. The summed E-state index contributed by atoms with van der Waals surface area (Å²) in [7, 11) is 2.86. The van der Waals surface area contributed by atoms with Gasteiger partial charge in [0.25, 0.3) is 5.69 Å². The lowest BCUT2D eigenvalue weighted by atomic mass is 10.1. The highest BCUT2D eigenvalue weighted by molar-refractivity contribution is 6.05. The number of ether oxygens (including phenoxy) is 1. The van der Waals surface area contributed by atoms with Gasteiger partial charge in [-0.2, -0.15) is 0 Å². The standard InChI is InChI=1S/C12H9N3O4/c1-13-8-6-14(2)9-4-7(12(16)19-3)5-10(11(8)9)15(17)18/h4-6H,2-3H3. The van der Waals surface area contributed by atoms with Crippen molar-refractivity contribution in [2.75, 3.05) is 7.11 Å². The Morgan fingerprint density at radius 3 is 2.74 bits per heavy atom. The van der Waals surface area contributed by atoms with Crippen LogP contribution in [0.2, 0.25) is 0 Å². The number of methoxy groups -OCH3 is 1. The predicted octanol–water partition coefficient (Wildman–Crippen LogP) is 2.42. The Bertz CT molecular complexity index is 739. The molecule has 0 fully saturated rings. The molecule has 7 heteroatoms. The van der Waals surface area contributed by atoms with Crippen molar-refractivity contribution in [3.05, 3.63) is 45.4 Å². The van der Waals surface area contributed by atoms with Gasteiger partial charge in [-0.05, 0) is 6.07 Å². The van der Waals surface area contributed by atoms with Gasteiger partial charge in [-0.15, -0.1) is 0 Å². The zero-order valence-electron chi connectivity index (χ0n) is 10.2. The average molecular weight is 259 g/mol. The van der Waals surface area contributed by atoms with Gasteiger partial charge in [0.15, 0.2) is 0 Å². The van der Waals surface area contributed by atoms with Gasteiger partial charge in [0.1, 0.15) is 0 Å². The van der Waals surface area contributed by atoms with E-state index < -0.39 is 10.9 Å². The van der Waals surface area contributed by atoms with Crippen molar-refractivity contribution in [3.8, 4) is 0 Å². The Hall–Kier alpha value is -2.88. The molecule has 0 aliphatic heterocycles. The lowest BCUT2D eigenvalue weighted by Crippen LogP contribution is -2.03. The van der Waals surface area contributed by atoms with E-state index in [1.54, 1.807) is 11.6 Å². The van der Waals surface area contributed by atoms with Crippen LogP contribution in [0.1, 0.15) is 10.4 Å². The zero-order valence-corrected chi connectivity index (χ0v) is 10.2. The maximum atomic E-state index is 11.5. The fourth-order valence-electron chi connectivity index (χ4n) is 1.93.